The minimum atomic E-state index is -0.543. The van der Waals surface area contributed by atoms with Gasteiger partial charge in [-0.25, -0.2) is 0 Å². The predicted molar refractivity (Wildman–Crippen MR) is 73.5 cm³/mol. The zero-order valence-electron chi connectivity index (χ0n) is 12.7. The van der Waals surface area contributed by atoms with Gasteiger partial charge in [-0.05, 0) is 53.9 Å². The summed E-state index contributed by atoms with van der Waals surface area (Å²) < 4.78 is 5.28. The van der Waals surface area contributed by atoms with Crippen LogP contribution in [0.2, 0.25) is 0 Å². The Bertz CT molecular complexity index is 358. The number of likely N-dealkylation sites (tertiary alicyclic amines) is 1. The summed E-state index contributed by atoms with van der Waals surface area (Å²) >= 11 is 0. The van der Waals surface area contributed by atoms with E-state index in [4.69, 9.17) is 10.5 Å². The van der Waals surface area contributed by atoms with E-state index in [1.165, 1.54) is 0 Å². The Balaban J connectivity index is 2.81. The molecule has 19 heavy (non-hydrogen) atoms. The van der Waals surface area contributed by atoms with E-state index >= 15 is 0 Å². The molecule has 1 rings (SSSR count). The van der Waals surface area contributed by atoms with Gasteiger partial charge in [0.15, 0.2) is 0 Å². The van der Waals surface area contributed by atoms with Gasteiger partial charge in [0.05, 0.1) is 6.04 Å². The minimum absolute atomic E-state index is 0.0309. The topological polar surface area (TPSA) is 72.6 Å². The Morgan fingerprint density at radius 1 is 1.47 bits per heavy atom. The van der Waals surface area contributed by atoms with Crippen molar-refractivity contribution in [2.45, 2.75) is 71.1 Å². The lowest BCUT2D eigenvalue weighted by Gasteiger charge is -2.37. The first-order valence-corrected chi connectivity index (χ1v) is 6.82. The third-order valence-electron chi connectivity index (χ3n) is 3.32. The third-order valence-corrected chi connectivity index (χ3v) is 3.32. The van der Waals surface area contributed by atoms with Gasteiger partial charge in [0.1, 0.15) is 12.1 Å². The van der Waals surface area contributed by atoms with Crippen molar-refractivity contribution in [1.29, 1.82) is 0 Å². The summed E-state index contributed by atoms with van der Waals surface area (Å²) in [6.07, 6.45) is 2.41. The maximum Gasteiger partial charge on any atom is 0.326 e. The summed E-state index contributed by atoms with van der Waals surface area (Å²) in [5.74, 6) is -0.545. The molecular weight excluding hydrogens is 244 g/mol. The van der Waals surface area contributed by atoms with Crippen LogP contribution in [0, 0.1) is 0 Å². The molecule has 1 amide bonds. The Morgan fingerprint density at radius 2 is 2.05 bits per heavy atom. The number of hydrogen-bond donors (Lipinski definition) is 1. The summed E-state index contributed by atoms with van der Waals surface area (Å²) in [5, 5.41) is 0. The van der Waals surface area contributed by atoms with Gasteiger partial charge in [-0.3, -0.25) is 9.59 Å². The molecule has 1 atom stereocenters. The largest absolute Gasteiger partial charge is 0.459 e. The smallest absolute Gasteiger partial charge is 0.326 e. The molecular formula is C14H26N2O3. The molecule has 0 aromatic carbocycles. The first-order chi connectivity index (χ1) is 8.53. The monoisotopic (exact) mass is 270 g/mol. The van der Waals surface area contributed by atoms with Gasteiger partial charge in [-0.15, -0.1) is 0 Å². The van der Waals surface area contributed by atoms with Crippen LogP contribution in [0.5, 0.6) is 0 Å². The van der Waals surface area contributed by atoms with Gasteiger partial charge in [0.2, 0.25) is 5.91 Å². The van der Waals surface area contributed by atoms with Crippen LogP contribution >= 0.6 is 0 Å². The van der Waals surface area contributed by atoms with Crippen molar-refractivity contribution in [3.8, 4) is 0 Å². The first kappa shape index (κ1) is 16.0. The lowest BCUT2D eigenvalue weighted by molar-refractivity contribution is -0.161. The predicted octanol–water partition coefficient (Wildman–Crippen LogP) is 1.45. The van der Waals surface area contributed by atoms with Crippen LogP contribution in [0.4, 0.5) is 0 Å². The van der Waals surface area contributed by atoms with Crippen LogP contribution in [0.15, 0.2) is 0 Å². The molecule has 5 heteroatoms. The third kappa shape index (κ3) is 4.49. The molecule has 5 nitrogen and oxygen atoms in total. The highest BCUT2D eigenvalue weighted by Crippen LogP contribution is 2.27. The number of rotatable bonds is 2. The number of nitrogens with two attached hydrogens (primary N) is 1. The summed E-state index contributed by atoms with van der Waals surface area (Å²) in [4.78, 5) is 25.7. The number of nitrogens with zero attached hydrogens (tertiary/aromatic N) is 1. The summed E-state index contributed by atoms with van der Waals surface area (Å²) in [7, 11) is 0. The maximum atomic E-state index is 12.3. The molecule has 1 saturated heterocycles. The average Bonchev–Trinajstić information content (AvgIpc) is 2.28. The second-order valence-electron chi connectivity index (χ2n) is 6.82. The second kappa shape index (κ2) is 5.49. The van der Waals surface area contributed by atoms with Crippen molar-refractivity contribution < 1.29 is 14.3 Å². The highest BCUT2D eigenvalue weighted by atomic mass is 16.6. The number of carbonyl (C=O) groups excluding carboxylic acids is 2. The molecule has 110 valence electrons. The standard InChI is InChI=1S/C14H26N2O3/c1-13(2,3)19-11(17)9-16-12(18)10(15)7-6-8-14(16,4)5/h10H,6-9,15H2,1-5H3/t10-/m0/s1. The Morgan fingerprint density at radius 3 is 2.58 bits per heavy atom. The summed E-state index contributed by atoms with van der Waals surface area (Å²) in [5.41, 5.74) is 4.95. The molecule has 0 aromatic heterocycles. The van der Waals surface area contributed by atoms with E-state index in [0.29, 0.717) is 6.42 Å². The van der Waals surface area contributed by atoms with Gasteiger partial charge >= 0.3 is 5.97 Å². The molecule has 1 fully saturated rings. The number of esters is 1. The van der Waals surface area contributed by atoms with E-state index in [1.807, 2.05) is 34.6 Å². The number of hydrogen-bond acceptors (Lipinski definition) is 4. The van der Waals surface area contributed by atoms with E-state index in [0.717, 1.165) is 12.8 Å². The van der Waals surface area contributed by atoms with Crippen LogP contribution in [0.25, 0.3) is 0 Å². The molecule has 0 bridgehead atoms. The fraction of sp³-hybridized carbons (Fsp3) is 0.857. The molecule has 0 aromatic rings. The maximum absolute atomic E-state index is 12.3. The van der Waals surface area contributed by atoms with Crippen molar-refractivity contribution in [2.75, 3.05) is 6.54 Å². The van der Waals surface area contributed by atoms with Crippen molar-refractivity contribution in [3.05, 3.63) is 0 Å². The molecule has 0 spiro atoms. The van der Waals surface area contributed by atoms with E-state index in [2.05, 4.69) is 0 Å². The molecule has 1 aliphatic rings. The molecule has 0 unspecified atom stereocenters. The Hall–Kier alpha value is -1.10. The Kier molecular flexibility index (Phi) is 4.61. The van der Waals surface area contributed by atoms with Gasteiger partial charge < -0.3 is 15.4 Å². The fourth-order valence-electron chi connectivity index (χ4n) is 2.31. The van der Waals surface area contributed by atoms with Crippen molar-refractivity contribution in [2.24, 2.45) is 5.73 Å². The van der Waals surface area contributed by atoms with Crippen LogP contribution in [0.1, 0.15) is 53.9 Å². The minimum Gasteiger partial charge on any atom is -0.459 e. The number of amides is 1. The van der Waals surface area contributed by atoms with E-state index in [1.54, 1.807) is 4.90 Å². The van der Waals surface area contributed by atoms with Crippen molar-refractivity contribution in [1.82, 2.24) is 4.90 Å². The first-order valence-electron chi connectivity index (χ1n) is 6.82. The van der Waals surface area contributed by atoms with Gasteiger partial charge in [0.25, 0.3) is 0 Å². The number of carbonyl (C=O) groups is 2. The van der Waals surface area contributed by atoms with Gasteiger partial charge in [-0.1, -0.05) is 0 Å². The van der Waals surface area contributed by atoms with E-state index in [9.17, 15) is 9.59 Å². The lowest BCUT2D eigenvalue weighted by Crippen LogP contribution is -2.54. The summed E-state index contributed by atoms with van der Waals surface area (Å²) in [6, 6.07) is -0.510. The summed E-state index contributed by atoms with van der Waals surface area (Å²) in [6.45, 7) is 9.33. The molecule has 0 radical (unpaired) electrons. The number of ether oxygens (including phenoxy) is 1. The zero-order valence-corrected chi connectivity index (χ0v) is 12.7. The normalized spacial score (nSPS) is 24.0. The van der Waals surface area contributed by atoms with Crippen LogP contribution < -0.4 is 5.73 Å². The molecule has 2 N–H and O–H groups in total. The van der Waals surface area contributed by atoms with Gasteiger partial charge in [-0.2, -0.15) is 0 Å². The Labute approximate surface area is 115 Å². The zero-order chi connectivity index (χ0) is 14.8. The van der Waals surface area contributed by atoms with E-state index < -0.39 is 11.6 Å². The van der Waals surface area contributed by atoms with E-state index in [-0.39, 0.29) is 24.0 Å². The highest BCUT2D eigenvalue weighted by molar-refractivity contribution is 5.86. The van der Waals surface area contributed by atoms with Gasteiger partial charge in [0, 0.05) is 5.54 Å². The molecule has 0 saturated carbocycles. The fourth-order valence-corrected chi connectivity index (χ4v) is 2.31. The quantitative estimate of drug-likeness (QED) is 0.771. The van der Waals surface area contributed by atoms with Crippen LogP contribution in [-0.2, 0) is 14.3 Å². The lowest BCUT2D eigenvalue weighted by atomic mass is 9.97. The molecule has 1 aliphatic heterocycles. The molecule has 1 heterocycles. The van der Waals surface area contributed by atoms with Crippen molar-refractivity contribution >= 4 is 11.9 Å². The second-order valence-corrected chi connectivity index (χ2v) is 6.82. The van der Waals surface area contributed by atoms with Crippen LogP contribution in [0.3, 0.4) is 0 Å². The van der Waals surface area contributed by atoms with Crippen LogP contribution in [-0.4, -0.2) is 40.5 Å². The van der Waals surface area contributed by atoms with Crippen molar-refractivity contribution in [3.63, 3.8) is 0 Å². The SMILES string of the molecule is CC(C)(C)OC(=O)CN1C(=O)[C@@H](N)CCCC1(C)C. The molecule has 0 aliphatic carbocycles. The average molecular weight is 270 g/mol. The highest BCUT2D eigenvalue weighted by Gasteiger charge is 2.38.